The zero-order chi connectivity index (χ0) is 17.9. The van der Waals surface area contributed by atoms with E-state index >= 15 is 0 Å². The number of aryl methyl sites for hydroxylation is 2. The molecule has 1 fully saturated rings. The summed E-state index contributed by atoms with van der Waals surface area (Å²) < 4.78 is 0. The van der Waals surface area contributed by atoms with Crippen LogP contribution in [0.5, 0.6) is 0 Å². The Kier molecular flexibility index (Phi) is 5.07. The number of carbonyl (C=O) groups excluding carboxylic acids is 2. The summed E-state index contributed by atoms with van der Waals surface area (Å²) in [5.41, 5.74) is 2.17. The van der Waals surface area contributed by atoms with E-state index in [0.717, 1.165) is 42.8 Å². The molecule has 2 amide bonds. The standard InChI is InChI=1S/C21H24N2O2S/c24-20(22-17-9-2-1-3-10-17)16-8-6-12-23(14-16)21(25)19-13-15-7-4-5-11-18(15)26-19/h1-3,9-10,13,16H,4-8,11-12,14H2,(H,22,24). The van der Waals surface area contributed by atoms with Crippen LogP contribution in [0.2, 0.25) is 0 Å². The molecule has 4 nitrogen and oxygen atoms in total. The zero-order valence-corrected chi connectivity index (χ0v) is 15.7. The van der Waals surface area contributed by atoms with E-state index in [4.69, 9.17) is 0 Å². The minimum absolute atomic E-state index is 0.0131. The van der Waals surface area contributed by atoms with Gasteiger partial charge in [-0.2, -0.15) is 0 Å². The number of fused-ring (bicyclic) bond motifs is 1. The number of nitrogens with one attached hydrogen (secondary N) is 1. The lowest BCUT2D eigenvalue weighted by Gasteiger charge is -2.31. The molecule has 0 saturated carbocycles. The molecule has 4 rings (SSSR count). The number of hydrogen-bond donors (Lipinski definition) is 1. The quantitative estimate of drug-likeness (QED) is 0.886. The molecule has 0 bridgehead atoms. The van der Waals surface area contributed by atoms with Crippen LogP contribution in [-0.2, 0) is 17.6 Å². The number of carbonyl (C=O) groups is 2. The number of benzene rings is 1. The number of hydrogen-bond acceptors (Lipinski definition) is 3. The molecule has 1 N–H and O–H groups in total. The van der Waals surface area contributed by atoms with Gasteiger partial charge in [-0.3, -0.25) is 9.59 Å². The molecule has 0 spiro atoms. The number of para-hydroxylation sites is 1. The molecule has 136 valence electrons. The topological polar surface area (TPSA) is 49.4 Å². The van der Waals surface area contributed by atoms with Crippen molar-refractivity contribution in [3.05, 3.63) is 51.7 Å². The van der Waals surface area contributed by atoms with Crippen molar-refractivity contribution >= 4 is 28.8 Å². The van der Waals surface area contributed by atoms with Crippen LogP contribution in [0.4, 0.5) is 5.69 Å². The van der Waals surface area contributed by atoms with Crippen LogP contribution in [-0.4, -0.2) is 29.8 Å². The van der Waals surface area contributed by atoms with E-state index < -0.39 is 0 Å². The second-order valence-corrected chi connectivity index (χ2v) is 8.35. The molecular weight excluding hydrogens is 344 g/mol. The Balaban J connectivity index is 1.42. The molecule has 2 aliphatic rings. The van der Waals surface area contributed by atoms with Gasteiger partial charge >= 0.3 is 0 Å². The van der Waals surface area contributed by atoms with E-state index in [1.54, 1.807) is 11.3 Å². The van der Waals surface area contributed by atoms with Gasteiger partial charge in [-0.15, -0.1) is 11.3 Å². The van der Waals surface area contributed by atoms with Crippen LogP contribution in [0, 0.1) is 5.92 Å². The molecule has 2 aromatic rings. The largest absolute Gasteiger partial charge is 0.337 e. The highest BCUT2D eigenvalue weighted by atomic mass is 32.1. The van der Waals surface area contributed by atoms with Crippen molar-refractivity contribution in [1.29, 1.82) is 0 Å². The third kappa shape index (κ3) is 3.68. The molecule has 1 saturated heterocycles. The molecule has 1 aromatic carbocycles. The van der Waals surface area contributed by atoms with E-state index in [9.17, 15) is 9.59 Å². The Morgan fingerprint density at radius 3 is 2.69 bits per heavy atom. The van der Waals surface area contributed by atoms with Crippen molar-refractivity contribution in [3.8, 4) is 0 Å². The smallest absolute Gasteiger partial charge is 0.263 e. The maximum atomic E-state index is 12.9. The molecule has 2 heterocycles. The summed E-state index contributed by atoms with van der Waals surface area (Å²) in [6.07, 6.45) is 6.37. The summed E-state index contributed by atoms with van der Waals surface area (Å²) in [5, 5.41) is 2.98. The third-order valence-corrected chi connectivity index (χ3v) is 6.55. The minimum Gasteiger partial charge on any atom is -0.337 e. The Morgan fingerprint density at radius 2 is 1.88 bits per heavy atom. The number of anilines is 1. The molecule has 1 atom stereocenters. The number of amides is 2. The van der Waals surface area contributed by atoms with Gasteiger partial charge < -0.3 is 10.2 Å². The Morgan fingerprint density at radius 1 is 1.08 bits per heavy atom. The average Bonchev–Trinajstić information content (AvgIpc) is 3.12. The van der Waals surface area contributed by atoms with Gasteiger partial charge in [0, 0.05) is 23.7 Å². The first kappa shape index (κ1) is 17.3. The van der Waals surface area contributed by atoms with Gasteiger partial charge in [0.15, 0.2) is 0 Å². The van der Waals surface area contributed by atoms with E-state index in [1.807, 2.05) is 35.2 Å². The Hall–Kier alpha value is -2.14. The SMILES string of the molecule is O=C(Nc1ccccc1)C1CCCN(C(=O)c2cc3c(s2)CCCC3)C1. The molecule has 1 aliphatic heterocycles. The monoisotopic (exact) mass is 368 g/mol. The van der Waals surface area contributed by atoms with Crippen LogP contribution in [0.15, 0.2) is 36.4 Å². The zero-order valence-electron chi connectivity index (χ0n) is 14.9. The summed E-state index contributed by atoms with van der Waals surface area (Å²) in [5.74, 6) is -0.0247. The number of likely N-dealkylation sites (tertiary alicyclic amines) is 1. The summed E-state index contributed by atoms with van der Waals surface area (Å²) in [7, 11) is 0. The van der Waals surface area contributed by atoms with Crippen molar-refractivity contribution in [2.24, 2.45) is 5.92 Å². The highest BCUT2D eigenvalue weighted by Gasteiger charge is 2.30. The Bertz CT molecular complexity index is 776. The summed E-state index contributed by atoms with van der Waals surface area (Å²) in [4.78, 5) is 29.6. The maximum absolute atomic E-state index is 12.9. The maximum Gasteiger partial charge on any atom is 0.263 e. The van der Waals surface area contributed by atoms with Crippen LogP contribution < -0.4 is 5.32 Å². The van der Waals surface area contributed by atoms with E-state index in [1.165, 1.54) is 23.3 Å². The van der Waals surface area contributed by atoms with Crippen molar-refractivity contribution < 1.29 is 9.59 Å². The van der Waals surface area contributed by atoms with E-state index in [-0.39, 0.29) is 17.7 Å². The van der Waals surface area contributed by atoms with E-state index in [2.05, 4.69) is 11.4 Å². The molecular formula is C21H24N2O2S. The molecule has 26 heavy (non-hydrogen) atoms. The minimum atomic E-state index is -0.137. The molecule has 5 heteroatoms. The van der Waals surface area contributed by atoms with Crippen molar-refractivity contribution in [3.63, 3.8) is 0 Å². The third-order valence-electron chi connectivity index (χ3n) is 5.33. The van der Waals surface area contributed by atoms with Crippen LogP contribution >= 0.6 is 11.3 Å². The molecule has 1 aromatic heterocycles. The second-order valence-electron chi connectivity index (χ2n) is 7.21. The fourth-order valence-corrected chi connectivity index (χ4v) is 5.11. The van der Waals surface area contributed by atoms with Gasteiger partial charge in [0.25, 0.3) is 5.91 Å². The predicted molar refractivity (Wildman–Crippen MR) is 105 cm³/mol. The lowest BCUT2D eigenvalue weighted by atomic mass is 9.96. The van der Waals surface area contributed by atoms with Gasteiger partial charge in [-0.05, 0) is 62.3 Å². The van der Waals surface area contributed by atoms with Gasteiger partial charge in [-0.1, -0.05) is 18.2 Å². The predicted octanol–water partition coefficient (Wildman–Crippen LogP) is 4.12. The van der Waals surface area contributed by atoms with Crippen LogP contribution in [0.3, 0.4) is 0 Å². The highest BCUT2D eigenvalue weighted by Crippen LogP contribution is 2.31. The highest BCUT2D eigenvalue weighted by molar-refractivity contribution is 7.14. The average molecular weight is 369 g/mol. The van der Waals surface area contributed by atoms with Gasteiger partial charge in [-0.25, -0.2) is 0 Å². The molecule has 1 unspecified atom stereocenters. The van der Waals surface area contributed by atoms with Crippen LogP contribution in [0.25, 0.3) is 0 Å². The lowest BCUT2D eigenvalue weighted by molar-refractivity contribution is -0.121. The summed E-state index contributed by atoms with van der Waals surface area (Å²) in [6.45, 7) is 1.26. The summed E-state index contributed by atoms with van der Waals surface area (Å²) in [6, 6.07) is 11.6. The molecule has 1 aliphatic carbocycles. The van der Waals surface area contributed by atoms with Crippen LogP contribution in [0.1, 0.15) is 45.8 Å². The Labute approximate surface area is 158 Å². The fourth-order valence-electron chi connectivity index (χ4n) is 3.89. The first-order valence-corrected chi connectivity index (χ1v) is 10.3. The van der Waals surface area contributed by atoms with Gasteiger partial charge in [0.2, 0.25) is 5.91 Å². The lowest BCUT2D eigenvalue weighted by Crippen LogP contribution is -2.43. The van der Waals surface area contributed by atoms with Gasteiger partial charge in [0.1, 0.15) is 0 Å². The van der Waals surface area contributed by atoms with Gasteiger partial charge in [0.05, 0.1) is 10.8 Å². The second kappa shape index (κ2) is 7.62. The first-order chi connectivity index (χ1) is 12.7. The number of thiophene rings is 1. The number of rotatable bonds is 3. The van der Waals surface area contributed by atoms with Crippen molar-refractivity contribution in [1.82, 2.24) is 4.90 Å². The molecule has 0 radical (unpaired) electrons. The number of piperidine rings is 1. The summed E-state index contributed by atoms with van der Waals surface area (Å²) >= 11 is 1.66. The van der Waals surface area contributed by atoms with Crippen molar-refractivity contribution in [2.75, 3.05) is 18.4 Å². The van der Waals surface area contributed by atoms with E-state index in [0.29, 0.717) is 6.54 Å². The normalized spacial score (nSPS) is 19.7. The van der Waals surface area contributed by atoms with Crippen molar-refractivity contribution in [2.45, 2.75) is 38.5 Å². The number of nitrogens with zero attached hydrogens (tertiary/aromatic N) is 1. The first-order valence-electron chi connectivity index (χ1n) is 9.47. The fraction of sp³-hybridized carbons (Fsp3) is 0.429.